The van der Waals surface area contributed by atoms with Crippen LogP contribution in [0.2, 0.25) is 0 Å². The molecule has 0 saturated carbocycles. The summed E-state index contributed by atoms with van der Waals surface area (Å²) in [5.74, 6) is 1.50. The molecule has 0 atom stereocenters. The third-order valence-electron chi connectivity index (χ3n) is 3.55. The highest BCUT2D eigenvalue weighted by atomic mass is 32.1. The molecule has 0 saturated heterocycles. The van der Waals surface area contributed by atoms with Crippen molar-refractivity contribution in [2.45, 2.75) is 13.3 Å². The number of methoxy groups -OCH3 is 2. The van der Waals surface area contributed by atoms with E-state index in [1.165, 1.54) is 11.1 Å². The fraction of sp³-hybridized carbons (Fsp3) is 0.278. The van der Waals surface area contributed by atoms with Crippen LogP contribution in [-0.4, -0.2) is 25.9 Å². The number of rotatable bonds is 6. The van der Waals surface area contributed by atoms with Crippen LogP contribution in [0.3, 0.4) is 0 Å². The van der Waals surface area contributed by atoms with Crippen LogP contribution < -0.4 is 20.1 Å². The van der Waals surface area contributed by atoms with Crippen LogP contribution in [0.15, 0.2) is 42.5 Å². The lowest BCUT2D eigenvalue weighted by molar-refractivity contribution is 0.354. The molecule has 2 N–H and O–H groups in total. The topological polar surface area (TPSA) is 42.5 Å². The number of anilines is 1. The Morgan fingerprint density at radius 1 is 1.04 bits per heavy atom. The van der Waals surface area contributed by atoms with E-state index in [0.717, 1.165) is 30.2 Å². The second-order valence-electron chi connectivity index (χ2n) is 5.13. The molecule has 2 aromatic carbocycles. The lowest BCUT2D eigenvalue weighted by Gasteiger charge is -2.14. The van der Waals surface area contributed by atoms with Gasteiger partial charge in [-0.25, -0.2) is 0 Å². The van der Waals surface area contributed by atoms with E-state index >= 15 is 0 Å². The van der Waals surface area contributed by atoms with E-state index in [-0.39, 0.29) is 0 Å². The molecule has 5 heteroatoms. The summed E-state index contributed by atoms with van der Waals surface area (Å²) in [6.45, 7) is 2.81. The summed E-state index contributed by atoms with van der Waals surface area (Å²) in [6, 6.07) is 13.9. The maximum Gasteiger partial charge on any atom is 0.170 e. The van der Waals surface area contributed by atoms with Crippen molar-refractivity contribution in [3.05, 3.63) is 53.6 Å². The van der Waals surface area contributed by atoms with Crippen molar-refractivity contribution in [3.8, 4) is 11.5 Å². The summed E-state index contributed by atoms with van der Waals surface area (Å²) in [7, 11) is 3.29. The minimum atomic E-state index is 0.620. The molecule has 23 heavy (non-hydrogen) atoms. The van der Waals surface area contributed by atoms with E-state index in [9.17, 15) is 0 Å². The predicted molar refractivity (Wildman–Crippen MR) is 98.7 cm³/mol. The summed E-state index contributed by atoms with van der Waals surface area (Å²) >= 11 is 5.31. The smallest absolute Gasteiger partial charge is 0.170 e. The molecule has 4 nitrogen and oxygen atoms in total. The average Bonchev–Trinajstić information content (AvgIpc) is 2.56. The fourth-order valence-electron chi connectivity index (χ4n) is 2.30. The van der Waals surface area contributed by atoms with E-state index in [4.69, 9.17) is 21.7 Å². The molecular formula is C18H22N2O2S. The Morgan fingerprint density at radius 2 is 1.70 bits per heavy atom. The standard InChI is InChI=1S/C18H22N2O2S/c1-13-11-16(21-2)17(22-3)12-14(13)9-10-19-18(23)20-15-7-5-4-6-8-15/h4-8,11-12H,9-10H2,1-3H3,(H2,19,20,23). The Balaban J connectivity index is 1.90. The molecule has 0 bridgehead atoms. The van der Waals surface area contributed by atoms with Gasteiger partial charge >= 0.3 is 0 Å². The lowest BCUT2D eigenvalue weighted by atomic mass is 10.0. The lowest BCUT2D eigenvalue weighted by Crippen LogP contribution is -2.30. The molecule has 0 aliphatic heterocycles. The van der Waals surface area contributed by atoms with E-state index in [2.05, 4.69) is 17.6 Å². The van der Waals surface area contributed by atoms with Gasteiger partial charge in [-0.05, 0) is 61.0 Å². The van der Waals surface area contributed by atoms with Crippen LogP contribution in [-0.2, 0) is 6.42 Å². The SMILES string of the molecule is COc1cc(C)c(CCNC(=S)Nc2ccccc2)cc1OC. The maximum absolute atomic E-state index is 5.35. The highest BCUT2D eigenvalue weighted by Gasteiger charge is 2.08. The van der Waals surface area contributed by atoms with E-state index in [1.807, 2.05) is 42.5 Å². The van der Waals surface area contributed by atoms with Crippen LogP contribution in [0, 0.1) is 6.92 Å². The van der Waals surface area contributed by atoms with Crippen molar-refractivity contribution < 1.29 is 9.47 Å². The summed E-state index contributed by atoms with van der Waals surface area (Å²) < 4.78 is 10.7. The van der Waals surface area contributed by atoms with Crippen molar-refractivity contribution >= 4 is 23.0 Å². The van der Waals surface area contributed by atoms with Crippen molar-refractivity contribution in [2.24, 2.45) is 0 Å². The largest absolute Gasteiger partial charge is 0.493 e. The van der Waals surface area contributed by atoms with Crippen LogP contribution >= 0.6 is 12.2 Å². The number of hydrogen-bond acceptors (Lipinski definition) is 3. The molecule has 0 aromatic heterocycles. The summed E-state index contributed by atoms with van der Waals surface area (Å²) in [4.78, 5) is 0. The molecule has 0 aliphatic rings. The molecule has 0 aliphatic carbocycles. The Kier molecular flexibility index (Phi) is 6.23. The molecule has 0 fully saturated rings. The summed E-state index contributed by atoms with van der Waals surface area (Å²) in [5, 5.41) is 7.00. The van der Waals surface area contributed by atoms with Gasteiger partial charge in [0.2, 0.25) is 0 Å². The number of aryl methyl sites for hydroxylation is 1. The van der Waals surface area contributed by atoms with E-state index in [0.29, 0.717) is 5.11 Å². The molecule has 0 unspecified atom stereocenters. The van der Waals surface area contributed by atoms with Gasteiger partial charge in [0.25, 0.3) is 0 Å². The van der Waals surface area contributed by atoms with E-state index < -0.39 is 0 Å². The van der Waals surface area contributed by atoms with Crippen LogP contribution in [0.25, 0.3) is 0 Å². The Morgan fingerprint density at radius 3 is 2.35 bits per heavy atom. The highest BCUT2D eigenvalue weighted by molar-refractivity contribution is 7.80. The number of nitrogens with one attached hydrogen (secondary N) is 2. The monoisotopic (exact) mass is 330 g/mol. The Labute approximate surface area is 142 Å². The van der Waals surface area contributed by atoms with Gasteiger partial charge in [-0.3, -0.25) is 0 Å². The van der Waals surface area contributed by atoms with Gasteiger partial charge < -0.3 is 20.1 Å². The molecule has 0 radical (unpaired) electrons. The number of thiocarbonyl (C=S) groups is 1. The minimum Gasteiger partial charge on any atom is -0.493 e. The molecule has 2 aromatic rings. The van der Waals surface area contributed by atoms with Gasteiger partial charge in [0.05, 0.1) is 14.2 Å². The third kappa shape index (κ3) is 4.86. The molecule has 2 rings (SSSR count). The zero-order chi connectivity index (χ0) is 16.7. The first-order valence-electron chi connectivity index (χ1n) is 7.45. The van der Waals surface area contributed by atoms with Crippen LogP contribution in [0.5, 0.6) is 11.5 Å². The second-order valence-corrected chi connectivity index (χ2v) is 5.54. The first-order chi connectivity index (χ1) is 11.1. The molecular weight excluding hydrogens is 308 g/mol. The Hall–Kier alpha value is -2.27. The van der Waals surface area contributed by atoms with Crippen molar-refractivity contribution in [2.75, 3.05) is 26.1 Å². The van der Waals surface area contributed by atoms with Gasteiger partial charge in [-0.1, -0.05) is 18.2 Å². The molecule has 0 spiro atoms. The van der Waals surface area contributed by atoms with E-state index in [1.54, 1.807) is 14.2 Å². The molecule has 122 valence electrons. The Bertz CT molecular complexity index is 660. The van der Waals surface area contributed by atoms with Crippen LogP contribution in [0.4, 0.5) is 5.69 Å². The number of hydrogen-bond donors (Lipinski definition) is 2. The normalized spacial score (nSPS) is 10.0. The van der Waals surface area contributed by atoms with Crippen molar-refractivity contribution in [1.29, 1.82) is 0 Å². The van der Waals surface area contributed by atoms with Gasteiger partial charge in [0.1, 0.15) is 0 Å². The summed E-state index contributed by atoms with van der Waals surface area (Å²) in [6.07, 6.45) is 0.850. The molecule has 0 amide bonds. The fourth-order valence-corrected chi connectivity index (χ4v) is 2.52. The van der Waals surface area contributed by atoms with Crippen molar-refractivity contribution in [1.82, 2.24) is 5.32 Å². The van der Waals surface area contributed by atoms with Gasteiger partial charge in [-0.15, -0.1) is 0 Å². The number of para-hydroxylation sites is 1. The molecule has 0 heterocycles. The van der Waals surface area contributed by atoms with Gasteiger partial charge in [-0.2, -0.15) is 0 Å². The first-order valence-corrected chi connectivity index (χ1v) is 7.86. The highest BCUT2D eigenvalue weighted by Crippen LogP contribution is 2.30. The number of benzene rings is 2. The van der Waals surface area contributed by atoms with Gasteiger partial charge in [0.15, 0.2) is 16.6 Å². The zero-order valence-electron chi connectivity index (χ0n) is 13.7. The van der Waals surface area contributed by atoms with Gasteiger partial charge in [0, 0.05) is 12.2 Å². The average molecular weight is 330 g/mol. The van der Waals surface area contributed by atoms with Crippen LogP contribution in [0.1, 0.15) is 11.1 Å². The first kappa shape index (κ1) is 17.1. The minimum absolute atomic E-state index is 0.620. The second kappa shape index (κ2) is 8.39. The third-order valence-corrected chi connectivity index (χ3v) is 3.80. The number of ether oxygens (including phenoxy) is 2. The summed E-state index contributed by atoms with van der Waals surface area (Å²) in [5.41, 5.74) is 3.36. The quantitative estimate of drug-likeness (QED) is 0.793. The predicted octanol–water partition coefficient (Wildman–Crippen LogP) is 3.54. The zero-order valence-corrected chi connectivity index (χ0v) is 14.5. The maximum atomic E-state index is 5.35. The van der Waals surface area contributed by atoms with Crippen molar-refractivity contribution in [3.63, 3.8) is 0 Å².